The van der Waals surface area contributed by atoms with Gasteiger partial charge in [-0.25, -0.2) is 4.79 Å². The van der Waals surface area contributed by atoms with Crippen molar-refractivity contribution in [3.05, 3.63) is 0 Å². The van der Waals surface area contributed by atoms with Crippen molar-refractivity contribution in [1.29, 1.82) is 0 Å². The molecule has 6 N–H and O–H groups in total. The van der Waals surface area contributed by atoms with Crippen molar-refractivity contribution >= 4 is 11.9 Å². The highest BCUT2D eigenvalue weighted by Crippen LogP contribution is 2.32. The lowest BCUT2D eigenvalue weighted by Gasteiger charge is -2.46. The molecular weight excluding hydrogens is 314 g/mol. The fraction of sp³-hybridized carbons (Fsp3) is 0.846. The standard InChI is InChI=1S/C13H23NO9/c1-3-8(18)14-9-6(16)4-13(22-2,12(20)21)23-11(9)10(19)7(17)5-15/h6-7,9-11,15-17,19H,3-5H2,1-2H3,(H,14,18)(H,20,21)/t6-,7?,9+,10?,11+,13+/m0/s1. The van der Waals surface area contributed by atoms with Gasteiger partial charge in [-0.3, -0.25) is 4.79 Å². The van der Waals surface area contributed by atoms with Crippen LogP contribution >= 0.6 is 0 Å². The number of carboxylic acid groups (broad SMARTS) is 1. The van der Waals surface area contributed by atoms with Crippen molar-refractivity contribution in [2.45, 2.75) is 56.0 Å². The molecule has 23 heavy (non-hydrogen) atoms. The molecule has 1 fully saturated rings. The molecule has 134 valence electrons. The summed E-state index contributed by atoms with van der Waals surface area (Å²) in [6.45, 7) is 0.745. The first-order valence-corrected chi connectivity index (χ1v) is 7.13. The number of amides is 1. The molecule has 1 rings (SSSR count). The van der Waals surface area contributed by atoms with E-state index in [2.05, 4.69) is 5.32 Å². The Kier molecular flexibility index (Phi) is 6.86. The summed E-state index contributed by atoms with van der Waals surface area (Å²) < 4.78 is 10.1. The van der Waals surface area contributed by atoms with Gasteiger partial charge in [-0.15, -0.1) is 0 Å². The van der Waals surface area contributed by atoms with Gasteiger partial charge < -0.3 is 40.3 Å². The largest absolute Gasteiger partial charge is 0.477 e. The van der Waals surface area contributed by atoms with E-state index < -0.39 is 61.1 Å². The SMILES string of the molecule is CCC(=O)N[C@@H]1[C@@H](O)C[C@](OC)(C(=O)O)O[C@H]1C(O)C(O)CO. The highest BCUT2D eigenvalue weighted by Gasteiger charge is 2.55. The Balaban J connectivity index is 3.14. The van der Waals surface area contributed by atoms with Crippen molar-refractivity contribution in [2.75, 3.05) is 13.7 Å². The zero-order chi connectivity index (χ0) is 17.8. The molecule has 1 saturated heterocycles. The number of carboxylic acids is 1. The second-order valence-electron chi connectivity index (χ2n) is 5.30. The van der Waals surface area contributed by atoms with Crippen LogP contribution in [0.4, 0.5) is 0 Å². The molecule has 0 aromatic carbocycles. The second kappa shape index (κ2) is 7.99. The second-order valence-corrected chi connectivity index (χ2v) is 5.30. The van der Waals surface area contributed by atoms with Crippen molar-refractivity contribution in [3.8, 4) is 0 Å². The molecule has 0 aromatic heterocycles. The average Bonchev–Trinajstić information content (AvgIpc) is 2.54. The van der Waals surface area contributed by atoms with Crippen LogP contribution in [0.15, 0.2) is 0 Å². The molecule has 1 amide bonds. The van der Waals surface area contributed by atoms with Gasteiger partial charge in [-0.2, -0.15) is 0 Å². The molecular formula is C13H23NO9. The monoisotopic (exact) mass is 337 g/mol. The van der Waals surface area contributed by atoms with Crippen molar-refractivity contribution < 1.29 is 44.6 Å². The quantitative estimate of drug-likeness (QED) is 0.287. The van der Waals surface area contributed by atoms with E-state index in [1.807, 2.05) is 0 Å². The minimum absolute atomic E-state index is 0.0862. The molecule has 6 atom stereocenters. The number of nitrogens with one attached hydrogen (secondary N) is 1. The van der Waals surface area contributed by atoms with E-state index >= 15 is 0 Å². The van der Waals surface area contributed by atoms with Crippen LogP contribution in [0, 0.1) is 0 Å². The van der Waals surface area contributed by atoms with Crippen molar-refractivity contribution in [2.24, 2.45) is 0 Å². The van der Waals surface area contributed by atoms with Gasteiger partial charge in [-0.1, -0.05) is 6.92 Å². The Morgan fingerprint density at radius 1 is 1.43 bits per heavy atom. The molecule has 10 heteroatoms. The zero-order valence-electron chi connectivity index (χ0n) is 12.9. The van der Waals surface area contributed by atoms with E-state index in [1.54, 1.807) is 6.92 Å². The predicted molar refractivity (Wildman–Crippen MR) is 74.2 cm³/mol. The van der Waals surface area contributed by atoms with Gasteiger partial charge in [0.15, 0.2) is 0 Å². The molecule has 0 radical (unpaired) electrons. The maximum absolute atomic E-state index is 11.6. The summed E-state index contributed by atoms with van der Waals surface area (Å²) in [4.78, 5) is 23.0. The molecule has 2 unspecified atom stereocenters. The number of ether oxygens (including phenoxy) is 2. The van der Waals surface area contributed by atoms with Crippen LogP contribution in [0.25, 0.3) is 0 Å². The summed E-state index contributed by atoms with van der Waals surface area (Å²) >= 11 is 0. The summed E-state index contributed by atoms with van der Waals surface area (Å²) in [6, 6.07) is -1.18. The van der Waals surface area contributed by atoms with E-state index in [4.69, 9.17) is 14.6 Å². The minimum Gasteiger partial charge on any atom is -0.477 e. The summed E-state index contributed by atoms with van der Waals surface area (Å²) in [5, 5.41) is 50.5. The van der Waals surface area contributed by atoms with Gasteiger partial charge in [0.2, 0.25) is 5.91 Å². The highest BCUT2D eigenvalue weighted by atomic mass is 16.7. The molecule has 0 bridgehead atoms. The number of carbonyl (C=O) groups excluding carboxylic acids is 1. The van der Waals surface area contributed by atoms with Crippen LogP contribution < -0.4 is 5.32 Å². The Morgan fingerprint density at radius 3 is 2.48 bits per heavy atom. The molecule has 0 spiro atoms. The normalized spacial score (nSPS) is 33.7. The summed E-state index contributed by atoms with van der Waals surface area (Å²) in [7, 11) is 1.05. The zero-order valence-corrected chi connectivity index (χ0v) is 12.9. The van der Waals surface area contributed by atoms with E-state index in [0.717, 1.165) is 7.11 Å². The Hall–Kier alpha value is -1.30. The van der Waals surface area contributed by atoms with Gasteiger partial charge in [0, 0.05) is 20.0 Å². The number of rotatable bonds is 7. The van der Waals surface area contributed by atoms with Crippen molar-refractivity contribution in [3.63, 3.8) is 0 Å². The number of aliphatic hydroxyl groups excluding tert-OH is 4. The molecule has 0 aliphatic carbocycles. The summed E-state index contributed by atoms with van der Waals surface area (Å²) in [6.07, 6.45) is -6.75. The third-order valence-corrected chi connectivity index (χ3v) is 3.80. The molecule has 10 nitrogen and oxygen atoms in total. The first kappa shape index (κ1) is 19.7. The fourth-order valence-electron chi connectivity index (χ4n) is 2.39. The van der Waals surface area contributed by atoms with E-state index in [9.17, 15) is 30.0 Å². The maximum atomic E-state index is 11.6. The van der Waals surface area contributed by atoms with E-state index in [0.29, 0.717) is 0 Å². The minimum atomic E-state index is -2.24. The Morgan fingerprint density at radius 2 is 2.04 bits per heavy atom. The first-order valence-electron chi connectivity index (χ1n) is 7.13. The smallest absolute Gasteiger partial charge is 0.364 e. The summed E-state index contributed by atoms with van der Waals surface area (Å²) in [5.74, 6) is -4.24. The lowest BCUT2D eigenvalue weighted by molar-refractivity contribution is -0.303. The number of carbonyl (C=O) groups is 2. The van der Waals surface area contributed by atoms with Crippen LogP contribution in [-0.4, -0.2) is 87.4 Å². The molecule has 1 aliphatic rings. The average molecular weight is 337 g/mol. The number of methoxy groups -OCH3 is 1. The molecule has 0 saturated carbocycles. The van der Waals surface area contributed by atoms with Gasteiger partial charge in [0.1, 0.15) is 18.3 Å². The maximum Gasteiger partial charge on any atom is 0.364 e. The topological polar surface area (TPSA) is 166 Å². The lowest BCUT2D eigenvalue weighted by atomic mass is 9.88. The fourth-order valence-corrected chi connectivity index (χ4v) is 2.39. The van der Waals surface area contributed by atoms with E-state index in [-0.39, 0.29) is 6.42 Å². The number of aliphatic hydroxyl groups is 4. The third kappa shape index (κ3) is 4.16. The van der Waals surface area contributed by atoms with Gasteiger partial charge >= 0.3 is 5.97 Å². The first-order chi connectivity index (χ1) is 10.7. The van der Waals surface area contributed by atoms with Crippen LogP contribution in [0.3, 0.4) is 0 Å². The van der Waals surface area contributed by atoms with Gasteiger partial charge in [0.05, 0.1) is 18.8 Å². The summed E-state index contributed by atoms with van der Waals surface area (Å²) in [5.41, 5.74) is 0. The van der Waals surface area contributed by atoms with E-state index in [1.165, 1.54) is 0 Å². The number of hydrogen-bond donors (Lipinski definition) is 6. The van der Waals surface area contributed by atoms with Crippen LogP contribution in [0.2, 0.25) is 0 Å². The van der Waals surface area contributed by atoms with Crippen molar-refractivity contribution in [1.82, 2.24) is 5.32 Å². The molecule has 1 heterocycles. The molecule has 1 aliphatic heterocycles. The van der Waals surface area contributed by atoms with Gasteiger partial charge in [-0.05, 0) is 0 Å². The number of hydrogen-bond acceptors (Lipinski definition) is 8. The Bertz CT molecular complexity index is 432. The number of aliphatic carboxylic acids is 1. The Labute approximate surface area is 132 Å². The van der Waals surface area contributed by atoms with Gasteiger partial charge in [0.25, 0.3) is 5.79 Å². The lowest BCUT2D eigenvalue weighted by Crippen LogP contribution is -2.67. The highest BCUT2D eigenvalue weighted by molar-refractivity contribution is 5.77. The van der Waals surface area contributed by atoms with Crippen LogP contribution in [-0.2, 0) is 19.1 Å². The molecule has 0 aromatic rings. The van der Waals surface area contributed by atoms with Crippen LogP contribution in [0.5, 0.6) is 0 Å². The third-order valence-electron chi connectivity index (χ3n) is 3.80. The van der Waals surface area contributed by atoms with Crippen LogP contribution in [0.1, 0.15) is 19.8 Å². The predicted octanol–water partition coefficient (Wildman–Crippen LogP) is -2.83.